The van der Waals surface area contributed by atoms with Gasteiger partial charge in [0.2, 0.25) is 5.91 Å². The molecule has 1 aromatic rings. The van der Waals surface area contributed by atoms with E-state index in [0.717, 1.165) is 24.3 Å². The molecule has 0 radical (unpaired) electrons. The van der Waals surface area contributed by atoms with Gasteiger partial charge in [-0.1, -0.05) is 17.2 Å². The quantitative estimate of drug-likeness (QED) is 0.479. The Bertz CT molecular complexity index is 581. The molecule has 1 fully saturated rings. The van der Waals surface area contributed by atoms with Crippen LogP contribution in [0.1, 0.15) is 17.5 Å². The Morgan fingerprint density at radius 2 is 2.40 bits per heavy atom. The number of rotatable bonds is 4. The smallest absolute Gasteiger partial charge is 0.223 e. The van der Waals surface area contributed by atoms with Gasteiger partial charge in [-0.3, -0.25) is 4.79 Å². The number of benzene rings is 1. The van der Waals surface area contributed by atoms with Crippen LogP contribution in [0.2, 0.25) is 0 Å². The van der Waals surface area contributed by atoms with E-state index in [0.29, 0.717) is 26.1 Å². The lowest BCUT2D eigenvalue weighted by atomic mass is 10.1. The zero-order valence-electron chi connectivity index (χ0n) is 11.2. The van der Waals surface area contributed by atoms with E-state index in [1.165, 1.54) is 5.56 Å². The first kappa shape index (κ1) is 12.8. The summed E-state index contributed by atoms with van der Waals surface area (Å²) in [6.45, 7) is 2.44. The second-order valence-electron chi connectivity index (χ2n) is 5.30. The van der Waals surface area contributed by atoms with E-state index >= 15 is 0 Å². The highest BCUT2D eigenvalue weighted by molar-refractivity contribution is 5.78. The summed E-state index contributed by atoms with van der Waals surface area (Å²) in [5.74, 6) is 1.25. The van der Waals surface area contributed by atoms with Crippen LogP contribution in [0, 0.1) is 5.92 Å². The molecule has 1 aromatic carbocycles. The lowest BCUT2D eigenvalue weighted by Crippen LogP contribution is -2.24. The van der Waals surface area contributed by atoms with Crippen molar-refractivity contribution in [3.05, 3.63) is 39.8 Å². The summed E-state index contributed by atoms with van der Waals surface area (Å²) < 4.78 is 5.48. The van der Waals surface area contributed by atoms with Gasteiger partial charge in [-0.2, -0.15) is 0 Å². The van der Waals surface area contributed by atoms with Crippen molar-refractivity contribution in [2.24, 2.45) is 11.0 Å². The summed E-state index contributed by atoms with van der Waals surface area (Å²) in [6.07, 6.45) is 1.42. The van der Waals surface area contributed by atoms with Gasteiger partial charge in [-0.05, 0) is 28.6 Å². The first-order valence-electron chi connectivity index (χ1n) is 6.79. The van der Waals surface area contributed by atoms with E-state index < -0.39 is 0 Å². The zero-order valence-corrected chi connectivity index (χ0v) is 11.2. The molecule has 6 heteroatoms. The van der Waals surface area contributed by atoms with E-state index in [1.807, 2.05) is 17.0 Å². The van der Waals surface area contributed by atoms with E-state index in [1.54, 1.807) is 0 Å². The number of fused-ring (bicyclic) bond motifs is 1. The molecule has 1 atom stereocenters. The van der Waals surface area contributed by atoms with Crippen LogP contribution in [0.15, 0.2) is 23.3 Å². The van der Waals surface area contributed by atoms with Crippen molar-refractivity contribution in [1.29, 1.82) is 0 Å². The number of hydrogen-bond acceptors (Lipinski definition) is 3. The van der Waals surface area contributed by atoms with Gasteiger partial charge in [-0.25, -0.2) is 0 Å². The van der Waals surface area contributed by atoms with Gasteiger partial charge in [0.25, 0.3) is 0 Å². The molecule has 0 bridgehead atoms. The predicted octanol–water partition coefficient (Wildman–Crippen LogP) is 2.28. The Morgan fingerprint density at radius 1 is 1.50 bits per heavy atom. The molecule has 1 saturated heterocycles. The molecule has 2 aliphatic heterocycles. The molecule has 3 rings (SSSR count). The maximum Gasteiger partial charge on any atom is 0.223 e. The van der Waals surface area contributed by atoms with E-state index in [9.17, 15) is 4.79 Å². The van der Waals surface area contributed by atoms with Gasteiger partial charge in [-0.15, -0.1) is 0 Å². The van der Waals surface area contributed by atoms with Gasteiger partial charge in [0.15, 0.2) is 0 Å². The first-order chi connectivity index (χ1) is 9.76. The topological polar surface area (TPSA) is 78.3 Å². The van der Waals surface area contributed by atoms with Gasteiger partial charge in [0, 0.05) is 37.4 Å². The minimum absolute atomic E-state index is 0.139. The SMILES string of the molecule is [N-]=[N+]=NCC1CC(=O)N(Cc2ccc3c(c2)CCO3)C1. The maximum absolute atomic E-state index is 12.0. The van der Waals surface area contributed by atoms with Gasteiger partial charge < -0.3 is 9.64 Å². The van der Waals surface area contributed by atoms with Crippen LogP contribution in [0.3, 0.4) is 0 Å². The molecule has 104 valence electrons. The monoisotopic (exact) mass is 272 g/mol. The molecular weight excluding hydrogens is 256 g/mol. The van der Waals surface area contributed by atoms with Crippen LogP contribution in [-0.2, 0) is 17.8 Å². The molecule has 0 N–H and O–H groups in total. The van der Waals surface area contributed by atoms with Crippen molar-refractivity contribution in [2.75, 3.05) is 19.7 Å². The highest BCUT2D eigenvalue weighted by atomic mass is 16.5. The predicted molar refractivity (Wildman–Crippen MR) is 73.2 cm³/mol. The van der Waals surface area contributed by atoms with Crippen molar-refractivity contribution in [3.8, 4) is 5.75 Å². The van der Waals surface area contributed by atoms with Crippen LogP contribution in [0.25, 0.3) is 10.4 Å². The Hall–Kier alpha value is -2.20. The van der Waals surface area contributed by atoms with E-state index in [2.05, 4.69) is 16.1 Å². The summed E-state index contributed by atoms with van der Waals surface area (Å²) in [7, 11) is 0. The van der Waals surface area contributed by atoms with Gasteiger partial charge in [0.1, 0.15) is 5.75 Å². The third-order valence-corrected chi connectivity index (χ3v) is 3.82. The highest BCUT2D eigenvalue weighted by Crippen LogP contribution is 2.27. The fourth-order valence-corrected chi connectivity index (χ4v) is 2.84. The number of amides is 1. The fraction of sp³-hybridized carbons (Fsp3) is 0.500. The van der Waals surface area contributed by atoms with Crippen molar-refractivity contribution in [2.45, 2.75) is 19.4 Å². The molecule has 2 aliphatic rings. The molecule has 0 aromatic heterocycles. The summed E-state index contributed by atoms with van der Waals surface area (Å²) in [5, 5.41) is 3.56. The van der Waals surface area contributed by atoms with Crippen molar-refractivity contribution < 1.29 is 9.53 Å². The van der Waals surface area contributed by atoms with Gasteiger partial charge >= 0.3 is 0 Å². The number of azide groups is 1. The maximum atomic E-state index is 12.0. The van der Waals surface area contributed by atoms with Crippen LogP contribution >= 0.6 is 0 Å². The highest BCUT2D eigenvalue weighted by Gasteiger charge is 2.29. The van der Waals surface area contributed by atoms with Crippen LogP contribution in [0.4, 0.5) is 0 Å². The number of carbonyl (C=O) groups is 1. The first-order valence-corrected chi connectivity index (χ1v) is 6.79. The van der Waals surface area contributed by atoms with Crippen LogP contribution < -0.4 is 4.74 Å². The minimum Gasteiger partial charge on any atom is -0.493 e. The summed E-state index contributed by atoms with van der Waals surface area (Å²) >= 11 is 0. The second kappa shape index (κ2) is 5.43. The molecule has 1 unspecified atom stereocenters. The summed E-state index contributed by atoms with van der Waals surface area (Å²) in [6, 6.07) is 6.12. The molecular formula is C14H16N4O2. The average molecular weight is 272 g/mol. The van der Waals surface area contributed by atoms with E-state index in [4.69, 9.17) is 10.3 Å². The largest absolute Gasteiger partial charge is 0.493 e. The molecule has 1 amide bonds. The number of carbonyl (C=O) groups excluding carboxylic acids is 1. The number of ether oxygens (including phenoxy) is 1. The average Bonchev–Trinajstić information content (AvgIpc) is 3.03. The molecule has 20 heavy (non-hydrogen) atoms. The molecule has 2 heterocycles. The number of nitrogens with zero attached hydrogens (tertiary/aromatic N) is 4. The van der Waals surface area contributed by atoms with Crippen LogP contribution in [-0.4, -0.2) is 30.5 Å². The molecule has 0 spiro atoms. The zero-order chi connectivity index (χ0) is 13.9. The Morgan fingerprint density at radius 3 is 3.25 bits per heavy atom. The van der Waals surface area contributed by atoms with Crippen molar-refractivity contribution >= 4 is 5.91 Å². The second-order valence-corrected chi connectivity index (χ2v) is 5.30. The minimum atomic E-state index is 0.139. The number of likely N-dealkylation sites (tertiary alicyclic amines) is 1. The van der Waals surface area contributed by atoms with Crippen molar-refractivity contribution in [3.63, 3.8) is 0 Å². The Kier molecular flexibility index (Phi) is 3.48. The fourth-order valence-electron chi connectivity index (χ4n) is 2.84. The van der Waals surface area contributed by atoms with Gasteiger partial charge in [0.05, 0.1) is 6.61 Å². The molecule has 0 saturated carbocycles. The Labute approximate surface area is 117 Å². The molecule has 6 nitrogen and oxygen atoms in total. The third-order valence-electron chi connectivity index (χ3n) is 3.82. The number of hydrogen-bond donors (Lipinski definition) is 0. The van der Waals surface area contributed by atoms with E-state index in [-0.39, 0.29) is 11.8 Å². The van der Waals surface area contributed by atoms with Crippen LogP contribution in [0.5, 0.6) is 5.75 Å². The summed E-state index contributed by atoms with van der Waals surface area (Å²) in [4.78, 5) is 16.5. The van der Waals surface area contributed by atoms with Crippen molar-refractivity contribution in [1.82, 2.24) is 4.90 Å². The Balaban J connectivity index is 1.66. The summed E-state index contributed by atoms with van der Waals surface area (Å²) in [5.41, 5.74) is 10.7. The lowest BCUT2D eigenvalue weighted by molar-refractivity contribution is -0.128. The standard InChI is InChI=1S/C14H16N4O2/c15-17-16-7-11-6-14(19)18(9-11)8-10-1-2-13-12(5-10)3-4-20-13/h1-2,5,11H,3-4,6-9H2. The lowest BCUT2D eigenvalue weighted by Gasteiger charge is -2.16. The third kappa shape index (κ3) is 2.56. The molecule has 0 aliphatic carbocycles. The normalized spacial score (nSPS) is 20.5.